The Morgan fingerprint density at radius 1 is 1.03 bits per heavy atom. The number of nitrogens with zero attached hydrogens (tertiary/aromatic N) is 2. The Kier molecular flexibility index (Phi) is 5.68. The molecule has 0 saturated heterocycles. The molecular weight excluding hydrogens is 378 g/mol. The fourth-order valence-electron chi connectivity index (χ4n) is 2.79. The van der Waals surface area contributed by atoms with Gasteiger partial charge in [0.25, 0.3) is 0 Å². The molecule has 0 bridgehead atoms. The first-order valence-corrected chi connectivity index (χ1v) is 8.50. The number of methoxy groups -OCH3 is 2. The summed E-state index contributed by atoms with van der Waals surface area (Å²) in [6, 6.07) is 10.8. The SMILES string of the molecule is COC(=O)c1ccc(C(=O)OC)c(NC(=O)Cn2ncc(=O)c3ccccc32)c1. The first-order valence-electron chi connectivity index (χ1n) is 8.50. The molecule has 0 spiro atoms. The number of rotatable bonds is 5. The van der Waals surface area contributed by atoms with Gasteiger partial charge in [-0.25, -0.2) is 9.59 Å². The van der Waals surface area contributed by atoms with Crippen molar-refractivity contribution in [2.75, 3.05) is 19.5 Å². The Morgan fingerprint density at radius 2 is 1.76 bits per heavy atom. The number of fused-ring (bicyclic) bond motifs is 1. The molecule has 0 aliphatic heterocycles. The van der Waals surface area contributed by atoms with Crippen molar-refractivity contribution in [2.24, 2.45) is 0 Å². The molecule has 0 saturated carbocycles. The highest BCUT2D eigenvalue weighted by Gasteiger charge is 2.18. The second-order valence-electron chi connectivity index (χ2n) is 5.98. The highest BCUT2D eigenvalue weighted by atomic mass is 16.5. The maximum atomic E-state index is 12.6. The molecule has 148 valence electrons. The van der Waals surface area contributed by atoms with Crippen LogP contribution < -0.4 is 10.7 Å². The predicted octanol–water partition coefficient (Wildman–Crippen LogP) is 1.61. The molecule has 9 nitrogen and oxygen atoms in total. The smallest absolute Gasteiger partial charge is 0.339 e. The first kappa shape index (κ1) is 19.7. The summed E-state index contributed by atoms with van der Waals surface area (Å²) in [5, 5.41) is 7.01. The van der Waals surface area contributed by atoms with Crippen molar-refractivity contribution >= 4 is 34.4 Å². The summed E-state index contributed by atoms with van der Waals surface area (Å²) >= 11 is 0. The third kappa shape index (κ3) is 4.13. The van der Waals surface area contributed by atoms with Crippen LogP contribution in [0.1, 0.15) is 20.7 Å². The number of amides is 1. The number of anilines is 1. The Morgan fingerprint density at radius 3 is 2.48 bits per heavy atom. The van der Waals surface area contributed by atoms with E-state index in [1.54, 1.807) is 24.3 Å². The molecule has 9 heteroatoms. The largest absolute Gasteiger partial charge is 0.465 e. The minimum Gasteiger partial charge on any atom is -0.465 e. The van der Waals surface area contributed by atoms with E-state index in [2.05, 4.69) is 15.2 Å². The molecule has 0 unspecified atom stereocenters. The lowest BCUT2D eigenvalue weighted by Crippen LogP contribution is -2.23. The molecule has 0 radical (unpaired) electrons. The number of benzene rings is 2. The van der Waals surface area contributed by atoms with Gasteiger partial charge in [0, 0.05) is 5.39 Å². The van der Waals surface area contributed by atoms with E-state index in [1.165, 1.54) is 37.1 Å². The van der Waals surface area contributed by atoms with Crippen LogP contribution in [0.4, 0.5) is 5.69 Å². The van der Waals surface area contributed by atoms with Crippen molar-refractivity contribution in [2.45, 2.75) is 6.54 Å². The molecule has 1 aromatic heterocycles. The lowest BCUT2D eigenvalue weighted by Gasteiger charge is -2.13. The van der Waals surface area contributed by atoms with Gasteiger partial charge < -0.3 is 14.8 Å². The van der Waals surface area contributed by atoms with Gasteiger partial charge in [-0.05, 0) is 30.3 Å². The Hall–Kier alpha value is -4.01. The maximum Gasteiger partial charge on any atom is 0.339 e. The summed E-state index contributed by atoms with van der Waals surface area (Å²) in [4.78, 5) is 48.3. The van der Waals surface area contributed by atoms with Gasteiger partial charge in [0.2, 0.25) is 11.3 Å². The van der Waals surface area contributed by atoms with E-state index >= 15 is 0 Å². The normalized spacial score (nSPS) is 10.4. The number of hydrogen-bond acceptors (Lipinski definition) is 7. The van der Waals surface area contributed by atoms with E-state index in [9.17, 15) is 19.2 Å². The average Bonchev–Trinajstić information content (AvgIpc) is 2.74. The molecule has 1 heterocycles. The number of ether oxygens (including phenoxy) is 2. The molecule has 3 aromatic rings. The van der Waals surface area contributed by atoms with Crippen molar-refractivity contribution in [1.29, 1.82) is 0 Å². The Bertz CT molecular complexity index is 1170. The monoisotopic (exact) mass is 395 g/mol. The van der Waals surface area contributed by atoms with Gasteiger partial charge in [0.15, 0.2) is 0 Å². The van der Waals surface area contributed by atoms with Gasteiger partial charge in [-0.3, -0.25) is 14.3 Å². The molecule has 0 aliphatic rings. The van der Waals surface area contributed by atoms with Crippen LogP contribution >= 0.6 is 0 Å². The fourth-order valence-corrected chi connectivity index (χ4v) is 2.79. The van der Waals surface area contributed by atoms with E-state index in [-0.39, 0.29) is 28.8 Å². The zero-order chi connectivity index (χ0) is 21.0. The zero-order valence-corrected chi connectivity index (χ0v) is 15.7. The average molecular weight is 395 g/mol. The lowest BCUT2D eigenvalue weighted by molar-refractivity contribution is -0.116. The van der Waals surface area contributed by atoms with E-state index in [1.807, 2.05) is 0 Å². The maximum absolute atomic E-state index is 12.6. The fraction of sp³-hybridized carbons (Fsp3) is 0.150. The van der Waals surface area contributed by atoms with Crippen LogP contribution in [0.5, 0.6) is 0 Å². The Balaban J connectivity index is 1.92. The van der Waals surface area contributed by atoms with Crippen molar-refractivity contribution < 1.29 is 23.9 Å². The topological polar surface area (TPSA) is 117 Å². The molecule has 1 amide bonds. The van der Waals surface area contributed by atoms with Crippen LogP contribution in [0.15, 0.2) is 53.5 Å². The molecule has 0 aliphatic carbocycles. The van der Waals surface area contributed by atoms with E-state index < -0.39 is 17.8 Å². The predicted molar refractivity (Wildman–Crippen MR) is 104 cm³/mol. The second-order valence-corrected chi connectivity index (χ2v) is 5.98. The van der Waals surface area contributed by atoms with E-state index in [0.29, 0.717) is 10.9 Å². The van der Waals surface area contributed by atoms with Gasteiger partial charge in [-0.15, -0.1) is 0 Å². The molecule has 0 atom stereocenters. The van der Waals surface area contributed by atoms with Gasteiger partial charge >= 0.3 is 11.9 Å². The number of carbonyl (C=O) groups is 3. The van der Waals surface area contributed by atoms with Crippen LogP contribution in [0.25, 0.3) is 10.9 Å². The molecule has 0 fully saturated rings. The van der Waals surface area contributed by atoms with E-state index in [0.717, 1.165) is 6.20 Å². The second kappa shape index (κ2) is 8.34. The number of para-hydroxylation sites is 1. The number of aromatic nitrogens is 2. The summed E-state index contributed by atoms with van der Waals surface area (Å²) in [6.07, 6.45) is 1.13. The van der Waals surface area contributed by atoms with Crippen molar-refractivity contribution in [3.63, 3.8) is 0 Å². The van der Waals surface area contributed by atoms with Crippen LogP contribution in [0.2, 0.25) is 0 Å². The highest BCUT2D eigenvalue weighted by molar-refractivity contribution is 6.03. The van der Waals surface area contributed by atoms with Crippen molar-refractivity contribution in [1.82, 2.24) is 9.78 Å². The Labute approximate surface area is 164 Å². The number of esters is 2. The third-order valence-electron chi connectivity index (χ3n) is 4.18. The first-order chi connectivity index (χ1) is 13.9. The van der Waals surface area contributed by atoms with Gasteiger partial charge in [0.05, 0.1) is 42.7 Å². The summed E-state index contributed by atoms with van der Waals surface area (Å²) in [6.45, 7) is -0.218. The molecule has 1 N–H and O–H groups in total. The summed E-state index contributed by atoms with van der Waals surface area (Å²) in [7, 11) is 2.43. The summed E-state index contributed by atoms with van der Waals surface area (Å²) in [5.74, 6) is -1.81. The summed E-state index contributed by atoms with van der Waals surface area (Å²) in [5.41, 5.74) is 0.561. The number of hydrogen-bond donors (Lipinski definition) is 1. The molecule has 29 heavy (non-hydrogen) atoms. The van der Waals surface area contributed by atoms with Crippen LogP contribution in [-0.4, -0.2) is 41.8 Å². The third-order valence-corrected chi connectivity index (χ3v) is 4.18. The molecule has 3 rings (SSSR count). The van der Waals surface area contributed by atoms with Crippen LogP contribution in [0.3, 0.4) is 0 Å². The molecule has 2 aromatic carbocycles. The minimum atomic E-state index is -0.677. The van der Waals surface area contributed by atoms with Gasteiger partial charge in [-0.2, -0.15) is 5.10 Å². The number of nitrogens with one attached hydrogen (secondary N) is 1. The highest BCUT2D eigenvalue weighted by Crippen LogP contribution is 2.20. The van der Waals surface area contributed by atoms with E-state index in [4.69, 9.17) is 4.74 Å². The minimum absolute atomic E-state index is 0.0752. The zero-order valence-electron chi connectivity index (χ0n) is 15.7. The lowest BCUT2D eigenvalue weighted by atomic mass is 10.1. The van der Waals surface area contributed by atoms with Crippen LogP contribution in [-0.2, 0) is 20.8 Å². The van der Waals surface area contributed by atoms with Crippen LogP contribution in [0, 0.1) is 0 Å². The van der Waals surface area contributed by atoms with Crippen molar-refractivity contribution in [3.8, 4) is 0 Å². The van der Waals surface area contributed by atoms with Gasteiger partial charge in [0.1, 0.15) is 6.54 Å². The summed E-state index contributed by atoms with van der Waals surface area (Å²) < 4.78 is 10.8. The quantitative estimate of drug-likeness (QED) is 0.652. The van der Waals surface area contributed by atoms with Crippen molar-refractivity contribution in [3.05, 3.63) is 70.0 Å². The van der Waals surface area contributed by atoms with Gasteiger partial charge in [-0.1, -0.05) is 12.1 Å². The molecular formula is C20H17N3O6. The standard InChI is InChI=1S/C20H17N3O6/c1-28-19(26)12-7-8-13(20(27)29-2)15(9-12)22-18(25)11-23-16-6-4-3-5-14(16)17(24)10-21-23/h3-10H,11H2,1-2H3,(H,22,25). The number of carbonyl (C=O) groups excluding carboxylic acids is 3.